The van der Waals surface area contributed by atoms with Crippen molar-refractivity contribution < 1.29 is 18.8 Å². The minimum absolute atomic E-state index is 0.0236. The molecule has 2 atom stereocenters. The lowest BCUT2D eigenvalue weighted by molar-refractivity contribution is -0.946. The molecule has 196 valence electrons. The van der Waals surface area contributed by atoms with Crippen LogP contribution in [-0.4, -0.2) is 72.3 Å². The molecule has 6 heterocycles. The van der Waals surface area contributed by atoms with E-state index in [1.54, 1.807) is 11.3 Å². The lowest BCUT2D eigenvalue weighted by Crippen LogP contribution is -2.65. The summed E-state index contributed by atoms with van der Waals surface area (Å²) in [5.74, 6) is 1.37. The number of carbonyl (C=O) groups excluding carboxylic acids is 1. The van der Waals surface area contributed by atoms with E-state index in [1.807, 2.05) is 26.0 Å². The van der Waals surface area contributed by atoms with Crippen LogP contribution in [0.2, 0.25) is 0 Å². The Bertz CT molecular complexity index is 1010. The van der Waals surface area contributed by atoms with E-state index in [9.17, 15) is 4.79 Å². The van der Waals surface area contributed by atoms with Crippen molar-refractivity contribution in [1.29, 1.82) is 0 Å². The number of esters is 1. The van der Waals surface area contributed by atoms with Gasteiger partial charge < -0.3 is 14.0 Å². The summed E-state index contributed by atoms with van der Waals surface area (Å²) in [5, 5.41) is 2.08. The molecule has 0 aliphatic carbocycles. The molecule has 0 N–H and O–H groups in total. The van der Waals surface area contributed by atoms with Gasteiger partial charge in [-0.15, -0.1) is 11.3 Å². The van der Waals surface area contributed by atoms with Crippen molar-refractivity contribution in [2.75, 3.05) is 45.9 Å². The van der Waals surface area contributed by atoms with Crippen LogP contribution in [0.4, 0.5) is 0 Å². The van der Waals surface area contributed by atoms with Gasteiger partial charge in [0.05, 0.1) is 26.2 Å². The average Bonchev–Trinajstić information content (AvgIpc) is 3.42. The maximum Gasteiger partial charge on any atom is 0.332 e. The summed E-state index contributed by atoms with van der Waals surface area (Å²) < 4.78 is 13.6. The number of piperidine rings is 4. The first-order chi connectivity index (χ1) is 17.4. The maximum atomic E-state index is 13.9. The predicted octanol–water partition coefficient (Wildman–Crippen LogP) is 5.08. The van der Waals surface area contributed by atoms with Crippen LogP contribution in [-0.2, 0) is 15.1 Å². The second kappa shape index (κ2) is 10.8. The first-order valence-electron chi connectivity index (χ1n) is 13.8. The summed E-state index contributed by atoms with van der Waals surface area (Å²) in [5.41, 5.74) is 1.31. The van der Waals surface area contributed by atoms with Gasteiger partial charge in [0, 0.05) is 53.6 Å². The molecule has 0 aromatic carbocycles. The molecule has 0 radical (unpaired) electrons. The van der Waals surface area contributed by atoms with Gasteiger partial charge in [-0.25, -0.2) is 4.79 Å². The lowest BCUT2D eigenvalue weighted by Gasteiger charge is -2.52. The molecular weight excluding hydrogens is 470 g/mol. The number of hydrogen-bond donors (Lipinski definition) is 0. The number of carbonyl (C=O) groups is 1. The minimum atomic E-state index is -0.680. The Morgan fingerprint density at radius 2 is 1.89 bits per heavy atom. The summed E-state index contributed by atoms with van der Waals surface area (Å²) in [6.07, 6.45) is 6.90. The Morgan fingerprint density at radius 1 is 1.17 bits per heavy atom. The smallest absolute Gasteiger partial charge is 0.332 e. The second-order valence-corrected chi connectivity index (χ2v) is 12.3. The van der Waals surface area contributed by atoms with Crippen molar-refractivity contribution in [2.45, 2.75) is 70.9 Å². The molecule has 0 spiro atoms. The van der Waals surface area contributed by atoms with Gasteiger partial charge in [-0.3, -0.25) is 9.88 Å². The van der Waals surface area contributed by atoms with E-state index in [4.69, 9.17) is 9.47 Å². The first-order valence-corrected chi connectivity index (χ1v) is 14.7. The Kier molecular flexibility index (Phi) is 7.70. The van der Waals surface area contributed by atoms with Crippen LogP contribution >= 0.6 is 11.3 Å². The number of aromatic nitrogens is 1. The Morgan fingerprint density at radius 3 is 2.56 bits per heavy atom. The number of rotatable bonds is 9. The Balaban J connectivity index is 1.21. The van der Waals surface area contributed by atoms with Crippen molar-refractivity contribution in [3.63, 3.8) is 0 Å². The predicted molar refractivity (Wildman–Crippen MR) is 143 cm³/mol. The quantitative estimate of drug-likeness (QED) is 0.266. The van der Waals surface area contributed by atoms with Crippen molar-refractivity contribution in [1.82, 2.24) is 9.88 Å². The van der Waals surface area contributed by atoms with E-state index >= 15 is 0 Å². The zero-order chi connectivity index (χ0) is 25.2. The highest BCUT2D eigenvalue weighted by atomic mass is 32.1. The van der Waals surface area contributed by atoms with Gasteiger partial charge in [0.15, 0.2) is 11.6 Å². The summed E-state index contributed by atoms with van der Waals surface area (Å²) >= 11 is 1.68. The third kappa shape index (κ3) is 5.34. The lowest BCUT2D eigenvalue weighted by atomic mass is 9.82. The molecule has 4 saturated heterocycles. The molecule has 7 heteroatoms. The third-order valence-corrected chi connectivity index (χ3v) is 9.87. The topological polar surface area (TPSA) is 51.7 Å². The molecule has 6 rings (SSSR count). The van der Waals surface area contributed by atoms with Crippen LogP contribution in [0.3, 0.4) is 0 Å². The molecule has 6 nitrogen and oxygen atoms in total. The van der Waals surface area contributed by atoms with Gasteiger partial charge >= 0.3 is 5.97 Å². The summed E-state index contributed by atoms with van der Waals surface area (Å²) in [7, 11) is 0. The van der Waals surface area contributed by atoms with Crippen LogP contribution in [0, 0.1) is 19.8 Å². The van der Waals surface area contributed by atoms with Gasteiger partial charge in [0.25, 0.3) is 0 Å². The molecule has 2 bridgehead atoms. The largest absolute Gasteiger partial charge is 0.493 e. The van der Waals surface area contributed by atoms with Crippen LogP contribution in [0.5, 0.6) is 5.75 Å². The number of thiophene rings is 1. The van der Waals surface area contributed by atoms with E-state index in [-0.39, 0.29) is 12.1 Å². The standard InChI is InChI=1S/C29H42N3O3S/c1-22-19-25(20-23(2)30-22)34-17-8-14-32-15-10-24(11-16-32)26(21-32)35-28(33)29(3,27-9-7-18-36-27)31-12-5-4-6-13-31/h7,9,18-20,24,26H,4-6,8,10-17,21H2,1-3H3/q+1. The fourth-order valence-corrected chi connectivity index (χ4v) is 7.58. The van der Waals surface area contributed by atoms with Crippen LogP contribution in [0.15, 0.2) is 29.6 Å². The number of pyridine rings is 1. The molecule has 2 aromatic heterocycles. The van der Waals surface area contributed by atoms with Crippen molar-refractivity contribution >= 4 is 17.3 Å². The van der Waals surface area contributed by atoms with Gasteiger partial charge in [-0.05, 0) is 58.1 Å². The normalized spacial score (nSPS) is 28.0. The monoisotopic (exact) mass is 512 g/mol. The number of quaternary nitrogens is 1. The molecule has 2 unspecified atom stereocenters. The molecule has 4 aliphatic heterocycles. The molecule has 4 aliphatic rings. The average molecular weight is 513 g/mol. The van der Waals surface area contributed by atoms with Crippen molar-refractivity contribution in [2.24, 2.45) is 5.92 Å². The van der Waals surface area contributed by atoms with E-state index in [0.717, 1.165) is 84.8 Å². The zero-order valence-corrected chi connectivity index (χ0v) is 23.0. The zero-order valence-electron chi connectivity index (χ0n) is 22.2. The van der Waals surface area contributed by atoms with E-state index in [1.165, 1.54) is 19.5 Å². The number of fused-ring (bicyclic) bond motifs is 3. The van der Waals surface area contributed by atoms with E-state index in [0.29, 0.717) is 12.5 Å². The number of hydrogen-bond acceptors (Lipinski definition) is 6. The second-order valence-electron chi connectivity index (χ2n) is 11.4. The van der Waals surface area contributed by atoms with Crippen LogP contribution < -0.4 is 4.74 Å². The molecule has 0 amide bonds. The molecule has 36 heavy (non-hydrogen) atoms. The maximum absolute atomic E-state index is 13.9. The Labute approximate surface area is 220 Å². The van der Waals surface area contributed by atoms with Crippen molar-refractivity contribution in [3.05, 3.63) is 45.9 Å². The third-order valence-electron chi connectivity index (χ3n) is 8.79. The fraction of sp³-hybridized carbons (Fsp3) is 0.655. The van der Waals surface area contributed by atoms with Gasteiger partial charge in [-0.1, -0.05) is 12.5 Å². The number of likely N-dealkylation sites (tertiary alicyclic amines) is 1. The molecule has 2 aromatic rings. The van der Waals surface area contributed by atoms with Gasteiger partial charge in [0.1, 0.15) is 12.3 Å². The molecule has 0 saturated carbocycles. The Hall–Kier alpha value is -1.96. The summed E-state index contributed by atoms with van der Waals surface area (Å²) in [6.45, 7) is 13.2. The van der Waals surface area contributed by atoms with Crippen LogP contribution in [0.25, 0.3) is 0 Å². The minimum Gasteiger partial charge on any atom is -0.493 e. The van der Waals surface area contributed by atoms with Crippen LogP contribution in [0.1, 0.15) is 61.7 Å². The number of ether oxygens (including phenoxy) is 2. The highest BCUT2D eigenvalue weighted by Crippen LogP contribution is 2.40. The van der Waals surface area contributed by atoms with Gasteiger partial charge in [0.2, 0.25) is 0 Å². The number of nitrogens with zero attached hydrogens (tertiary/aromatic N) is 3. The first kappa shape index (κ1) is 25.7. The highest BCUT2D eigenvalue weighted by Gasteiger charge is 2.50. The fourth-order valence-electron chi connectivity index (χ4n) is 6.67. The number of aryl methyl sites for hydroxylation is 2. The van der Waals surface area contributed by atoms with Crippen molar-refractivity contribution in [3.8, 4) is 5.75 Å². The van der Waals surface area contributed by atoms with E-state index in [2.05, 4.69) is 34.3 Å². The summed E-state index contributed by atoms with van der Waals surface area (Å²) in [4.78, 5) is 21.8. The van der Waals surface area contributed by atoms with E-state index < -0.39 is 5.54 Å². The molecule has 4 fully saturated rings. The summed E-state index contributed by atoms with van der Waals surface area (Å²) in [6, 6.07) is 8.18. The highest BCUT2D eigenvalue weighted by molar-refractivity contribution is 7.10. The molecular formula is C29H42N3O3S+. The SMILES string of the molecule is Cc1cc(OCCC[N+]23CCC(CC2)C(OC(=O)C(C)(c2cccs2)N2CCCCC2)C3)cc(C)n1. The van der Waals surface area contributed by atoms with Gasteiger partial charge in [-0.2, -0.15) is 0 Å².